The molecular weight excluding hydrogens is 191 g/mol. The van der Waals surface area contributed by atoms with Crippen molar-refractivity contribution in [3.8, 4) is 0 Å². The van der Waals surface area contributed by atoms with Gasteiger partial charge in [0.2, 0.25) is 0 Å². The highest BCUT2D eigenvalue weighted by atomic mass is 28.2. The molecule has 0 saturated heterocycles. The van der Waals surface area contributed by atoms with Crippen molar-refractivity contribution < 1.29 is 22.8 Å². The Bertz CT molecular complexity index is 137. The van der Waals surface area contributed by atoms with E-state index in [1.165, 1.54) is 7.05 Å². The topological polar surface area (TPSA) is 29.5 Å². The van der Waals surface area contributed by atoms with Crippen LogP contribution in [-0.4, -0.2) is 34.3 Å². The molecular formula is C5H12F3NO2Si. The molecule has 0 aliphatic carbocycles. The van der Waals surface area contributed by atoms with Crippen molar-refractivity contribution >= 4 is 16.4 Å². The van der Waals surface area contributed by atoms with Gasteiger partial charge in [0.05, 0.1) is 0 Å². The summed E-state index contributed by atoms with van der Waals surface area (Å²) in [4.78, 5) is 13.7. The number of hydroxylamine groups is 1. The fourth-order valence-corrected chi connectivity index (χ4v) is 0.383. The lowest BCUT2D eigenvalue weighted by molar-refractivity contribution is -0.220. The van der Waals surface area contributed by atoms with E-state index in [-0.39, 0.29) is 10.4 Å². The van der Waals surface area contributed by atoms with E-state index in [2.05, 4.69) is 4.84 Å². The third kappa shape index (κ3) is 7.54. The minimum absolute atomic E-state index is 0.241. The monoisotopic (exact) mass is 203 g/mol. The van der Waals surface area contributed by atoms with Crippen LogP contribution >= 0.6 is 0 Å². The molecule has 0 bridgehead atoms. The number of hydrogen-bond acceptors (Lipinski definition) is 3. The van der Waals surface area contributed by atoms with Crippen LogP contribution in [0.15, 0.2) is 0 Å². The van der Waals surface area contributed by atoms with Crippen LogP contribution in [0.2, 0.25) is 0 Å². The number of carbonyl (C=O) groups excluding carboxylic acids is 1. The van der Waals surface area contributed by atoms with Gasteiger partial charge in [0.1, 0.15) is 10.4 Å². The summed E-state index contributed by atoms with van der Waals surface area (Å²) >= 11 is 0. The van der Waals surface area contributed by atoms with Gasteiger partial charge in [-0.3, -0.25) is 0 Å². The number of rotatable bonds is 1. The third-order valence-electron chi connectivity index (χ3n) is 0.497. The van der Waals surface area contributed by atoms with Crippen LogP contribution < -0.4 is 0 Å². The number of carbonyl (C=O) groups is 1. The first-order chi connectivity index (χ1) is 5.34. The van der Waals surface area contributed by atoms with Crippen molar-refractivity contribution in [2.75, 3.05) is 7.05 Å². The summed E-state index contributed by atoms with van der Waals surface area (Å²) < 4.78 is 34.8. The molecule has 0 atom stereocenters. The van der Waals surface area contributed by atoms with E-state index in [4.69, 9.17) is 0 Å². The maximum Gasteiger partial charge on any atom is 0.492 e. The van der Waals surface area contributed by atoms with Gasteiger partial charge in [-0.2, -0.15) is 17.9 Å². The van der Waals surface area contributed by atoms with Crippen molar-refractivity contribution in [1.29, 1.82) is 0 Å². The summed E-state index contributed by atoms with van der Waals surface area (Å²) in [5.41, 5.74) is 0. The van der Waals surface area contributed by atoms with E-state index >= 15 is 0 Å². The molecule has 74 valence electrons. The molecule has 0 aromatic rings. The minimum atomic E-state index is -4.89. The maximum absolute atomic E-state index is 11.3. The second-order valence-corrected chi connectivity index (χ2v) is 2.95. The quantitative estimate of drug-likeness (QED) is 0.452. The van der Waals surface area contributed by atoms with Crippen molar-refractivity contribution in [2.45, 2.75) is 20.0 Å². The molecule has 0 aromatic carbocycles. The van der Waals surface area contributed by atoms with Crippen LogP contribution in [0, 0.1) is 0 Å². The Balaban J connectivity index is 0. The SMILES string of the molecule is CC.CN([SiH3])OC(=O)C(F)(F)F. The molecule has 0 amide bonds. The number of nitrogens with zero attached hydrogens (tertiary/aromatic N) is 1. The second kappa shape index (κ2) is 6.01. The number of alkyl halides is 3. The van der Waals surface area contributed by atoms with Gasteiger partial charge in [-0.15, -0.1) is 0 Å². The Morgan fingerprint density at radius 3 is 1.83 bits per heavy atom. The maximum atomic E-state index is 11.3. The minimum Gasteiger partial charge on any atom is -0.370 e. The van der Waals surface area contributed by atoms with Crippen LogP contribution in [-0.2, 0) is 9.63 Å². The molecule has 0 spiro atoms. The Hall–Kier alpha value is -0.563. The molecule has 0 radical (unpaired) electrons. The fraction of sp³-hybridized carbons (Fsp3) is 0.800. The van der Waals surface area contributed by atoms with Gasteiger partial charge in [0, 0.05) is 7.05 Å². The molecule has 0 N–H and O–H groups in total. The van der Waals surface area contributed by atoms with E-state index in [1.54, 1.807) is 0 Å². The van der Waals surface area contributed by atoms with Crippen molar-refractivity contribution in [3.63, 3.8) is 0 Å². The zero-order chi connectivity index (χ0) is 10.4. The highest BCUT2D eigenvalue weighted by Crippen LogP contribution is 2.16. The van der Waals surface area contributed by atoms with Gasteiger partial charge in [-0.05, 0) is 0 Å². The predicted molar refractivity (Wildman–Crippen MR) is 41.2 cm³/mol. The molecule has 0 fully saturated rings. The Labute approximate surface area is 71.9 Å². The Morgan fingerprint density at radius 2 is 1.75 bits per heavy atom. The van der Waals surface area contributed by atoms with E-state index in [0.717, 1.165) is 4.73 Å². The summed E-state index contributed by atoms with van der Waals surface area (Å²) in [6.45, 7) is 4.00. The van der Waals surface area contributed by atoms with E-state index in [1.807, 2.05) is 13.8 Å². The van der Waals surface area contributed by atoms with E-state index < -0.39 is 12.1 Å². The molecule has 0 heterocycles. The van der Waals surface area contributed by atoms with Gasteiger partial charge in [-0.25, -0.2) is 4.79 Å². The molecule has 3 nitrogen and oxygen atoms in total. The summed E-state index contributed by atoms with van der Waals surface area (Å²) in [5, 5.41) is 0. The Kier molecular flexibility index (Phi) is 7.01. The average Bonchev–Trinajstić information content (AvgIpc) is 1.88. The highest BCUT2D eigenvalue weighted by molar-refractivity contribution is 6.03. The second-order valence-electron chi connectivity index (χ2n) is 1.69. The van der Waals surface area contributed by atoms with E-state index in [9.17, 15) is 18.0 Å². The molecule has 7 heteroatoms. The van der Waals surface area contributed by atoms with Crippen LogP contribution in [0.1, 0.15) is 13.8 Å². The first-order valence-corrected chi connectivity index (χ1v) is 4.20. The van der Waals surface area contributed by atoms with Gasteiger partial charge < -0.3 is 4.84 Å². The average molecular weight is 203 g/mol. The summed E-state index contributed by atoms with van der Waals surface area (Å²) in [6, 6.07) is 0. The summed E-state index contributed by atoms with van der Waals surface area (Å²) in [5.74, 6) is -2.18. The van der Waals surface area contributed by atoms with Crippen LogP contribution in [0.25, 0.3) is 0 Å². The van der Waals surface area contributed by atoms with Crippen LogP contribution in [0.3, 0.4) is 0 Å². The molecule has 0 aromatic heterocycles. The fourth-order valence-electron chi connectivity index (χ4n) is 0.218. The first kappa shape index (κ1) is 14.0. The van der Waals surface area contributed by atoms with Crippen molar-refractivity contribution in [1.82, 2.24) is 4.73 Å². The summed E-state index contributed by atoms with van der Waals surface area (Å²) in [6.07, 6.45) is -4.89. The standard InChI is InChI=1S/C3H6F3NO2Si.C2H6/c1-7(10)9-2(8)3(4,5)6;1-2/h1,10H3;1-2H3. The molecule has 0 aliphatic heterocycles. The normalized spacial score (nSPS) is 10.6. The molecule has 0 unspecified atom stereocenters. The third-order valence-corrected chi connectivity index (χ3v) is 0.680. The Morgan fingerprint density at radius 1 is 1.42 bits per heavy atom. The molecule has 0 rings (SSSR count). The molecule has 0 aliphatic rings. The van der Waals surface area contributed by atoms with Crippen LogP contribution in [0.4, 0.5) is 13.2 Å². The van der Waals surface area contributed by atoms with E-state index in [0.29, 0.717) is 0 Å². The lowest BCUT2D eigenvalue weighted by atomic mass is 10.7. The van der Waals surface area contributed by atoms with Gasteiger partial charge >= 0.3 is 12.1 Å². The lowest BCUT2D eigenvalue weighted by Crippen LogP contribution is -2.31. The predicted octanol–water partition coefficient (Wildman–Crippen LogP) is 0.245. The first-order valence-electron chi connectivity index (χ1n) is 3.30. The van der Waals surface area contributed by atoms with Crippen LogP contribution in [0.5, 0.6) is 0 Å². The highest BCUT2D eigenvalue weighted by Gasteiger charge is 2.41. The van der Waals surface area contributed by atoms with Crippen molar-refractivity contribution in [2.24, 2.45) is 0 Å². The van der Waals surface area contributed by atoms with Gasteiger partial charge in [-0.1, -0.05) is 13.8 Å². The molecule has 12 heavy (non-hydrogen) atoms. The largest absolute Gasteiger partial charge is 0.492 e. The van der Waals surface area contributed by atoms with Crippen molar-refractivity contribution in [3.05, 3.63) is 0 Å². The zero-order valence-electron chi connectivity index (χ0n) is 7.40. The lowest BCUT2D eigenvalue weighted by Gasteiger charge is -2.11. The molecule has 0 saturated carbocycles. The summed E-state index contributed by atoms with van der Waals surface area (Å²) in [7, 11) is 1.49. The number of hydrogen-bond donors (Lipinski definition) is 0. The number of halogens is 3. The smallest absolute Gasteiger partial charge is 0.370 e. The zero-order valence-corrected chi connectivity index (χ0v) is 9.40. The van der Waals surface area contributed by atoms with Gasteiger partial charge in [0.25, 0.3) is 0 Å². The van der Waals surface area contributed by atoms with Gasteiger partial charge in [0.15, 0.2) is 0 Å².